The lowest BCUT2D eigenvalue weighted by Gasteiger charge is -2.40. The molecule has 1 aliphatic rings. The fraction of sp³-hybridized carbons (Fsp3) is 0.700. The maximum absolute atomic E-state index is 10.6. The van der Waals surface area contributed by atoms with E-state index in [2.05, 4.69) is 26.1 Å². The van der Waals surface area contributed by atoms with Gasteiger partial charge < -0.3 is 4.79 Å². The first-order valence-electron chi connectivity index (χ1n) is 4.53. The van der Waals surface area contributed by atoms with Crippen molar-refractivity contribution in [3.63, 3.8) is 0 Å². The van der Waals surface area contributed by atoms with E-state index in [0.29, 0.717) is 5.37 Å². The topological polar surface area (TPSA) is 29.1 Å². The number of aldehydes is 1. The second-order valence-corrected chi connectivity index (χ2v) is 6.11. The van der Waals surface area contributed by atoms with E-state index in [9.17, 15) is 4.79 Å². The van der Waals surface area contributed by atoms with Crippen molar-refractivity contribution in [1.29, 1.82) is 0 Å². The third-order valence-corrected chi connectivity index (χ3v) is 3.28. The molecule has 0 bridgehead atoms. The number of carbonyl (C=O) groups excluding carboxylic acids is 1. The number of nitrogens with one attached hydrogen (secondary N) is 1. The average Bonchev–Trinajstić information content (AvgIpc) is 1.96. The Morgan fingerprint density at radius 2 is 2.08 bits per heavy atom. The summed E-state index contributed by atoms with van der Waals surface area (Å²) in [6.45, 7) is 8.53. The minimum absolute atomic E-state index is 0.0372. The highest BCUT2D eigenvalue weighted by molar-refractivity contribution is 8.01. The number of hydrogen-bond donors (Lipinski definition) is 1. The van der Waals surface area contributed by atoms with E-state index in [1.165, 1.54) is 5.57 Å². The fourth-order valence-corrected chi connectivity index (χ4v) is 2.67. The van der Waals surface area contributed by atoms with Crippen molar-refractivity contribution < 1.29 is 4.79 Å². The summed E-state index contributed by atoms with van der Waals surface area (Å²) in [6.07, 6.45) is 3.01. The standard InChI is InChI=1S/C10H17NOS/c1-5-7-8(6-12)11-9(7)13-10(2,3)4/h5-6,8-9,11H,1-4H3. The first-order chi connectivity index (χ1) is 5.98. The highest BCUT2D eigenvalue weighted by Crippen LogP contribution is 2.36. The van der Waals surface area contributed by atoms with Gasteiger partial charge in [0, 0.05) is 4.75 Å². The minimum atomic E-state index is -0.0372. The van der Waals surface area contributed by atoms with Crippen molar-refractivity contribution in [2.75, 3.05) is 0 Å². The van der Waals surface area contributed by atoms with E-state index in [0.717, 1.165) is 6.29 Å². The van der Waals surface area contributed by atoms with Crippen LogP contribution in [-0.4, -0.2) is 22.4 Å². The molecule has 0 aromatic carbocycles. The Morgan fingerprint density at radius 1 is 1.46 bits per heavy atom. The lowest BCUT2D eigenvalue weighted by molar-refractivity contribution is -0.109. The van der Waals surface area contributed by atoms with Gasteiger partial charge in [-0.3, -0.25) is 5.32 Å². The lowest BCUT2D eigenvalue weighted by atomic mass is 10.0. The molecular formula is C10H17NOS. The van der Waals surface area contributed by atoms with Crippen LogP contribution in [0.15, 0.2) is 11.6 Å². The molecule has 3 heteroatoms. The molecule has 2 unspecified atom stereocenters. The highest BCUT2D eigenvalue weighted by atomic mass is 32.2. The van der Waals surface area contributed by atoms with Crippen molar-refractivity contribution in [2.45, 2.75) is 43.9 Å². The van der Waals surface area contributed by atoms with Gasteiger partial charge in [-0.1, -0.05) is 26.8 Å². The normalized spacial score (nSPS) is 31.5. The number of carbonyl (C=O) groups is 1. The number of allylic oxidation sites excluding steroid dienone is 1. The largest absolute Gasteiger partial charge is 0.301 e. The lowest BCUT2D eigenvalue weighted by Crippen LogP contribution is -2.55. The number of hydrogen-bond acceptors (Lipinski definition) is 3. The first kappa shape index (κ1) is 10.8. The van der Waals surface area contributed by atoms with Gasteiger partial charge in [0.15, 0.2) is 0 Å². The summed E-state index contributed by atoms with van der Waals surface area (Å²) < 4.78 is 0.236. The Labute approximate surface area is 84.2 Å². The van der Waals surface area contributed by atoms with Crippen molar-refractivity contribution in [3.05, 3.63) is 11.6 Å². The smallest absolute Gasteiger partial charge is 0.141 e. The number of thioether (sulfide) groups is 1. The van der Waals surface area contributed by atoms with Gasteiger partial charge in [-0.15, -0.1) is 11.8 Å². The maximum atomic E-state index is 10.6. The second kappa shape index (κ2) is 3.84. The van der Waals surface area contributed by atoms with Crippen LogP contribution in [0.2, 0.25) is 0 Å². The summed E-state index contributed by atoms with van der Waals surface area (Å²) in [5.74, 6) is 0. The Balaban J connectivity index is 2.53. The summed E-state index contributed by atoms with van der Waals surface area (Å²) in [6, 6.07) is -0.0372. The van der Waals surface area contributed by atoms with Crippen LogP contribution in [0.5, 0.6) is 0 Å². The quantitative estimate of drug-likeness (QED) is 0.544. The molecule has 0 saturated carbocycles. The van der Waals surface area contributed by atoms with E-state index in [-0.39, 0.29) is 10.8 Å². The molecule has 2 nitrogen and oxygen atoms in total. The molecule has 0 aromatic heterocycles. The summed E-state index contributed by atoms with van der Waals surface area (Å²) in [5.41, 5.74) is 1.22. The van der Waals surface area contributed by atoms with E-state index in [4.69, 9.17) is 0 Å². The van der Waals surface area contributed by atoms with Crippen LogP contribution >= 0.6 is 11.8 Å². The number of rotatable bonds is 2. The van der Waals surface area contributed by atoms with Gasteiger partial charge >= 0.3 is 0 Å². The zero-order valence-corrected chi connectivity index (χ0v) is 9.44. The molecule has 1 N–H and O–H groups in total. The summed E-state index contributed by atoms with van der Waals surface area (Å²) in [4.78, 5) is 10.6. The summed E-state index contributed by atoms with van der Waals surface area (Å²) >= 11 is 1.86. The molecule has 1 fully saturated rings. The molecule has 2 atom stereocenters. The molecule has 13 heavy (non-hydrogen) atoms. The SMILES string of the molecule is CC=C1C(C=O)NC1SC(C)(C)C. The Kier molecular flexibility index (Phi) is 3.19. The van der Waals surface area contributed by atoms with Crippen LogP contribution in [0, 0.1) is 0 Å². The van der Waals surface area contributed by atoms with Crippen molar-refractivity contribution in [1.82, 2.24) is 5.32 Å². The van der Waals surface area contributed by atoms with E-state index >= 15 is 0 Å². The van der Waals surface area contributed by atoms with E-state index < -0.39 is 0 Å². The molecule has 1 heterocycles. The molecule has 0 spiro atoms. The highest BCUT2D eigenvalue weighted by Gasteiger charge is 2.36. The third kappa shape index (κ3) is 2.58. The molecule has 0 aromatic rings. The summed E-state index contributed by atoms with van der Waals surface area (Å²) in [7, 11) is 0. The minimum Gasteiger partial charge on any atom is -0.301 e. The summed E-state index contributed by atoms with van der Waals surface area (Å²) in [5, 5.41) is 3.55. The van der Waals surface area contributed by atoms with Crippen LogP contribution < -0.4 is 5.32 Å². The third-order valence-electron chi connectivity index (χ3n) is 1.93. The Bertz CT molecular complexity index is 230. The van der Waals surface area contributed by atoms with Crippen molar-refractivity contribution in [3.8, 4) is 0 Å². The van der Waals surface area contributed by atoms with Gasteiger partial charge in [-0.2, -0.15) is 0 Å². The predicted octanol–water partition coefficient (Wildman–Crippen LogP) is 1.96. The molecular weight excluding hydrogens is 182 g/mol. The second-order valence-electron chi connectivity index (χ2n) is 4.18. The van der Waals surface area contributed by atoms with Crippen LogP contribution in [0.4, 0.5) is 0 Å². The Morgan fingerprint density at radius 3 is 2.46 bits per heavy atom. The van der Waals surface area contributed by atoms with E-state index in [1.54, 1.807) is 0 Å². The van der Waals surface area contributed by atoms with Crippen molar-refractivity contribution in [2.24, 2.45) is 0 Å². The molecule has 0 amide bonds. The van der Waals surface area contributed by atoms with Gasteiger partial charge in [0.25, 0.3) is 0 Å². The molecule has 74 valence electrons. The van der Waals surface area contributed by atoms with Gasteiger partial charge in [-0.05, 0) is 12.5 Å². The van der Waals surface area contributed by atoms with Crippen LogP contribution in [0.25, 0.3) is 0 Å². The first-order valence-corrected chi connectivity index (χ1v) is 5.41. The maximum Gasteiger partial charge on any atom is 0.141 e. The molecule has 1 saturated heterocycles. The van der Waals surface area contributed by atoms with Gasteiger partial charge in [0.2, 0.25) is 0 Å². The average molecular weight is 199 g/mol. The molecule has 0 radical (unpaired) electrons. The van der Waals surface area contributed by atoms with Crippen LogP contribution in [0.3, 0.4) is 0 Å². The van der Waals surface area contributed by atoms with Crippen molar-refractivity contribution >= 4 is 18.0 Å². The Hall–Kier alpha value is -0.280. The van der Waals surface area contributed by atoms with Gasteiger partial charge in [0.05, 0.1) is 11.4 Å². The zero-order valence-electron chi connectivity index (χ0n) is 8.63. The molecule has 1 aliphatic heterocycles. The van der Waals surface area contributed by atoms with Crippen LogP contribution in [0.1, 0.15) is 27.7 Å². The molecule has 0 aliphatic carbocycles. The zero-order chi connectivity index (χ0) is 10.1. The predicted molar refractivity (Wildman–Crippen MR) is 57.9 cm³/mol. The van der Waals surface area contributed by atoms with Crippen LogP contribution in [-0.2, 0) is 4.79 Å². The molecule has 1 rings (SSSR count). The monoisotopic (exact) mass is 199 g/mol. The van der Waals surface area contributed by atoms with Gasteiger partial charge in [-0.25, -0.2) is 0 Å². The van der Waals surface area contributed by atoms with E-state index in [1.807, 2.05) is 24.8 Å². The van der Waals surface area contributed by atoms with Gasteiger partial charge in [0.1, 0.15) is 6.29 Å². The fourth-order valence-electron chi connectivity index (χ4n) is 1.33.